The van der Waals surface area contributed by atoms with Crippen LogP contribution in [0.5, 0.6) is 0 Å². The number of hydrogen-bond acceptors (Lipinski definition) is 5. The first-order valence-corrected chi connectivity index (χ1v) is 5.22. The zero-order valence-electron chi connectivity index (χ0n) is 8.33. The van der Waals surface area contributed by atoms with E-state index in [-0.39, 0.29) is 18.3 Å². The first-order valence-electron chi connectivity index (χ1n) is 4.40. The third-order valence-electron chi connectivity index (χ3n) is 1.54. The quantitative estimate of drug-likeness (QED) is 0.651. The van der Waals surface area contributed by atoms with Gasteiger partial charge in [0.1, 0.15) is 10.7 Å². The highest BCUT2D eigenvalue weighted by Gasteiger charge is 2.14. The lowest BCUT2D eigenvalue weighted by molar-refractivity contribution is 0.0963. The topological polar surface area (TPSA) is 80.0 Å². The monoisotopic (exact) mass is 224 g/mol. The van der Waals surface area contributed by atoms with Gasteiger partial charge >= 0.3 is 0 Å². The second-order valence-corrected chi connectivity index (χ2v) is 3.65. The van der Waals surface area contributed by atoms with Crippen molar-refractivity contribution in [3.63, 3.8) is 0 Å². The number of nitrogens with zero attached hydrogens (tertiary/aromatic N) is 1. The maximum atomic E-state index is 11.5. The van der Waals surface area contributed by atoms with E-state index in [9.17, 15) is 4.79 Å². The minimum absolute atomic E-state index is 0.187. The third kappa shape index (κ3) is 2.86. The standard InChI is InChI=1S/C9H12N4OS/c1-3-5-12-8(14)6-7(10)13-9(15-6)11-4-2/h1H,4-5,10H2,2H3,(H,11,13)(H,12,14). The Balaban J connectivity index is 2.76. The molecule has 0 fully saturated rings. The summed E-state index contributed by atoms with van der Waals surface area (Å²) in [5, 5.41) is 6.16. The third-order valence-corrected chi connectivity index (χ3v) is 2.57. The zero-order chi connectivity index (χ0) is 11.3. The molecule has 0 aliphatic heterocycles. The molecule has 0 aromatic carbocycles. The van der Waals surface area contributed by atoms with Crippen LogP contribution in [0.4, 0.5) is 10.9 Å². The molecular weight excluding hydrogens is 212 g/mol. The van der Waals surface area contributed by atoms with Crippen molar-refractivity contribution in [2.75, 3.05) is 24.1 Å². The molecular formula is C9H12N4OS. The van der Waals surface area contributed by atoms with Gasteiger partial charge in [0.25, 0.3) is 5.91 Å². The molecule has 1 amide bonds. The molecule has 80 valence electrons. The van der Waals surface area contributed by atoms with Gasteiger partial charge in [-0.1, -0.05) is 17.3 Å². The summed E-state index contributed by atoms with van der Waals surface area (Å²) < 4.78 is 0. The molecule has 0 spiro atoms. The van der Waals surface area contributed by atoms with E-state index in [2.05, 4.69) is 21.5 Å². The van der Waals surface area contributed by atoms with Gasteiger partial charge in [-0.05, 0) is 6.92 Å². The Morgan fingerprint density at radius 1 is 1.73 bits per heavy atom. The molecule has 0 saturated carbocycles. The van der Waals surface area contributed by atoms with E-state index >= 15 is 0 Å². The summed E-state index contributed by atoms with van der Waals surface area (Å²) in [4.78, 5) is 15.9. The van der Waals surface area contributed by atoms with Crippen LogP contribution >= 0.6 is 11.3 Å². The van der Waals surface area contributed by atoms with E-state index in [1.807, 2.05) is 6.92 Å². The molecule has 1 aromatic rings. The summed E-state index contributed by atoms with van der Waals surface area (Å²) in [7, 11) is 0. The van der Waals surface area contributed by atoms with E-state index in [0.29, 0.717) is 10.0 Å². The SMILES string of the molecule is C#CCNC(=O)c1sc(NCC)nc1N. The highest BCUT2D eigenvalue weighted by atomic mass is 32.1. The van der Waals surface area contributed by atoms with Crippen molar-refractivity contribution in [1.82, 2.24) is 10.3 Å². The molecule has 5 nitrogen and oxygen atoms in total. The van der Waals surface area contributed by atoms with Crippen molar-refractivity contribution >= 4 is 28.2 Å². The molecule has 4 N–H and O–H groups in total. The van der Waals surface area contributed by atoms with Crippen molar-refractivity contribution < 1.29 is 4.79 Å². The summed E-state index contributed by atoms with van der Waals surface area (Å²) in [5.74, 6) is 2.26. The van der Waals surface area contributed by atoms with Gasteiger partial charge in [-0.3, -0.25) is 4.79 Å². The van der Waals surface area contributed by atoms with Crippen LogP contribution in [-0.4, -0.2) is 24.0 Å². The maximum absolute atomic E-state index is 11.5. The van der Waals surface area contributed by atoms with Crippen molar-refractivity contribution in [3.8, 4) is 12.3 Å². The molecule has 15 heavy (non-hydrogen) atoms. The van der Waals surface area contributed by atoms with Crippen LogP contribution in [-0.2, 0) is 0 Å². The number of carbonyl (C=O) groups excluding carboxylic acids is 1. The van der Waals surface area contributed by atoms with E-state index in [0.717, 1.165) is 6.54 Å². The largest absolute Gasteiger partial charge is 0.382 e. The van der Waals surface area contributed by atoms with Gasteiger partial charge in [0.05, 0.1) is 6.54 Å². The maximum Gasteiger partial charge on any atom is 0.266 e. The second-order valence-electron chi connectivity index (χ2n) is 2.65. The Kier molecular flexibility index (Phi) is 3.94. The van der Waals surface area contributed by atoms with Crippen LogP contribution in [0, 0.1) is 12.3 Å². The fourth-order valence-electron chi connectivity index (χ4n) is 0.933. The van der Waals surface area contributed by atoms with Gasteiger partial charge in [0, 0.05) is 6.54 Å². The zero-order valence-corrected chi connectivity index (χ0v) is 9.15. The van der Waals surface area contributed by atoms with E-state index in [4.69, 9.17) is 12.2 Å². The lowest BCUT2D eigenvalue weighted by Gasteiger charge is -1.97. The van der Waals surface area contributed by atoms with Gasteiger partial charge in [0.15, 0.2) is 5.13 Å². The van der Waals surface area contributed by atoms with Crippen molar-refractivity contribution in [1.29, 1.82) is 0 Å². The Morgan fingerprint density at radius 2 is 2.47 bits per heavy atom. The minimum atomic E-state index is -0.285. The van der Waals surface area contributed by atoms with Crippen LogP contribution < -0.4 is 16.4 Å². The van der Waals surface area contributed by atoms with E-state index in [1.54, 1.807) is 0 Å². The number of nitrogens with two attached hydrogens (primary N) is 1. The summed E-state index contributed by atoms with van der Waals surface area (Å²) in [6.07, 6.45) is 5.03. The lowest BCUT2D eigenvalue weighted by Crippen LogP contribution is -2.23. The smallest absolute Gasteiger partial charge is 0.266 e. The molecule has 6 heteroatoms. The van der Waals surface area contributed by atoms with Crippen molar-refractivity contribution in [2.45, 2.75) is 6.92 Å². The van der Waals surface area contributed by atoms with E-state index in [1.165, 1.54) is 11.3 Å². The van der Waals surface area contributed by atoms with Gasteiger partial charge < -0.3 is 16.4 Å². The summed E-state index contributed by atoms with van der Waals surface area (Å²) in [6, 6.07) is 0. The molecule has 1 aromatic heterocycles. The molecule has 0 saturated heterocycles. The number of terminal acetylenes is 1. The number of rotatable bonds is 4. The number of carbonyl (C=O) groups is 1. The number of nitrogen functional groups attached to an aromatic ring is 1. The number of anilines is 2. The minimum Gasteiger partial charge on any atom is -0.382 e. The van der Waals surface area contributed by atoms with Gasteiger partial charge in [0.2, 0.25) is 0 Å². The first-order chi connectivity index (χ1) is 7.19. The average Bonchev–Trinajstić information content (AvgIpc) is 2.57. The van der Waals surface area contributed by atoms with Crippen LogP contribution in [0.1, 0.15) is 16.6 Å². The molecule has 0 aliphatic rings. The summed E-state index contributed by atoms with van der Waals surface area (Å²) in [6.45, 7) is 2.86. The van der Waals surface area contributed by atoms with Crippen LogP contribution in [0.25, 0.3) is 0 Å². The van der Waals surface area contributed by atoms with Crippen LogP contribution in [0.2, 0.25) is 0 Å². The Labute approximate surface area is 92.1 Å². The molecule has 0 unspecified atom stereocenters. The Morgan fingerprint density at radius 3 is 3.07 bits per heavy atom. The number of hydrogen-bond donors (Lipinski definition) is 3. The van der Waals surface area contributed by atoms with Gasteiger partial charge in [-0.2, -0.15) is 0 Å². The summed E-state index contributed by atoms with van der Waals surface area (Å²) >= 11 is 1.21. The molecule has 0 bridgehead atoms. The predicted molar refractivity (Wildman–Crippen MR) is 61.9 cm³/mol. The number of amides is 1. The van der Waals surface area contributed by atoms with Gasteiger partial charge in [-0.25, -0.2) is 4.98 Å². The fourth-order valence-corrected chi connectivity index (χ4v) is 1.80. The highest BCUT2D eigenvalue weighted by molar-refractivity contribution is 7.18. The number of aromatic nitrogens is 1. The summed E-state index contributed by atoms with van der Waals surface area (Å²) in [5.41, 5.74) is 5.59. The highest BCUT2D eigenvalue weighted by Crippen LogP contribution is 2.24. The van der Waals surface area contributed by atoms with Gasteiger partial charge in [-0.15, -0.1) is 6.42 Å². The fraction of sp³-hybridized carbons (Fsp3) is 0.333. The molecule has 1 rings (SSSR count). The van der Waals surface area contributed by atoms with E-state index < -0.39 is 0 Å². The molecule has 0 radical (unpaired) electrons. The second kappa shape index (κ2) is 5.22. The Bertz CT molecular complexity index is 393. The number of nitrogens with one attached hydrogen (secondary N) is 2. The lowest BCUT2D eigenvalue weighted by atomic mass is 10.4. The van der Waals surface area contributed by atoms with Crippen molar-refractivity contribution in [3.05, 3.63) is 4.88 Å². The average molecular weight is 224 g/mol. The van der Waals surface area contributed by atoms with Crippen molar-refractivity contribution in [2.24, 2.45) is 0 Å². The molecule has 1 heterocycles. The van der Waals surface area contributed by atoms with Crippen LogP contribution in [0.15, 0.2) is 0 Å². The predicted octanol–water partition coefficient (Wildman–Crippen LogP) is 0.520. The molecule has 0 aliphatic carbocycles. The first kappa shape index (κ1) is 11.3. The Hall–Kier alpha value is -1.74. The normalized spacial score (nSPS) is 9.33. The van der Waals surface area contributed by atoms with Crippen LogP contribution in [0.3, 0.4) is 0 Å². The number of thiazole rings is 1. The molecule has 0 atom stereocenters.